The fourth-order valence-electron chi connectivity index (χ4n) is 2.28. The number of para-hydroxylation sites is 1. The summed E-state index contributed by atoms with van der Waals surface area (Å²) in [5.41, 5.74) is 3.39. The van der Waals surface area contributed by atoms with Crippen molar-refractivity contribution >= 4 is 10.9 Å². The zero-order chi connectivity index (χ0) is 14.9. The van der Waals surface area contributed by atoms with Crippen molar-refractivity contribution < 1.29 is 0 Å². The predicted molar refractivity (Wildman–Crippen MR) is 85.5 cm³/mol. The van der Waals surface area contributed by atoms with Crippen LogP contribution in [0.15, 0.2) is 48.9 Å². The summed E-state index contributed by atoms with van der Waals surface area (Å²) >= 11 is 0. The Morgan fingerprint density at radius 3 is 2.71 bits per heavy atom. The highest BCUT2D eigenvalue weighted by molar-refractivity contribution is 5.80. The summed E-state index contributed by atoms with van der Waals surface area (Å²) in [4.78, 5) is 4.26. The first-order valence-corrected chi connectivity index (χ1v) is 7.16. The fraction of sp³-hybridized carbons (Fsp3) is 0.294. The van der Waals surface area contributed by atoms with Crippen LogP contribution in [0.3, 0.4) is 0 Å². The van der Waals surface area contributed by atoms with Gasteiger partial charge in [-0.1, -0.05) is 18.2 Å². The molecule has 0 saturated heterocycles. The summed E-state index contributed by atoms with van der Waals surface area (Å²) in [6, 6.07) is 10.3. The molecular weight excluding hydrogens is 260 g/mol. The van der Waals surface area contributed by atoms with Crippen LogP contribution in [0.5, 0.6) is 0 Å². The smallest absolute Gasteiger partial charge is 0.0880 e. The van der Waals surface area contributed by atoms with Crippen LogP contribution in [-0.2, 0) is 6.54 Å². The maximum Gasteiger partial charge on any atom is 0.0880 e. The number of nitrogens with zero attached hydrogens (tertiary/aromatic N) is 3. The van der Waals surface area contributed by atoms with Crippen LogP contribution < -0.4 is 5.32 Å². The molecule has 0 spiro atoms. The van der Waals surface area contributed by atoms with Crippen molar-refractivity contribution in [2.24, 2.45) is 0 Å². The Labute approximate surface area is 124 Å². The molecule has 21 heavy (non-hydrogen) atoms. The number of nitrogens with one attached hydrogen (secondary N) is 1. The van der Waals surface area contributed by atoms with Crippen LogP contribution in [0, 0.1) is 0 Å². The molecule has 0 aliphatic heterocycles. The van der Waals surface area contributed by atoms with E-state index in [0.29, 0.717) is 0 Å². The van der Waals surface area contributed by atoms with Gasteiger partial charge < -0.3 is 5.32 Å². The molecule has 0 aliphatic rings. The van der Waals surface area contributed by atoms with Gasteiger partial charge in [0.15, 0.2) is 0 Å². The molecule has 2 heterocycles. The molecule has 3 aromatic rings. The quantitative estimate of drug-likeness (QED) is 0.800. The number of hydrogen-bond donors (Lipinski definition) is 1. The largest absolute Gasteiger partial charge is 0.308 e. The first kappa shape index (κ1) is 13.8. The number of rotatable bonds is 3. The van der Waals surface area contributed by atoms with Crippen molar-refractivity contribution in [1.29, 1.82) is 0 Å². The van der Waals surface area contributed by atoms with E-state index in [1.807, 2.05) is 41.5 Å². The topological polar surface area (TPSA) is 42.7 Å². The number of aromatic nitrogens is 3. The van der Waals surface area contributed by atoms with Gasteiger partial charge in [-0.05, 0) is 38.5 Å². The lowest BCUT2D eigenvalue weighted by Crippen LogP contribution is -2.35. The molecular formula is C17H20N4. The standard InChI is InChI=1S/C17H20N4/c1-17(2,3)19-10-14-8-9-18-12-16(14)21-15-7-5-4-6-13(15)11-20-21/h4-9,11-12,19H,10H2,1-3H3. The van der Waals surface area contributed by atoms with Crippen LogP contribution in [0.2, 0.25) is 0 Å². The Morgan fingerprint density at radius 2 is 1.90 bits per heavy atom. The van der Waals surface area contributed by atoms with Crippen molar-refractivity contribution in [2.75, 3.05) is 0 Å². The molecule has 0 unspecified atom stereocenters. The summed E-state index contributed by atoms with van der Waals surface area (Å²) in [6.07, 6.45) is 5.59. The van der Waals surface area contributed by atoms with Crippen molar-refractivity contribution in [3.63, 3.8) is 0 Å². The number of pyridine rings is 1. The SMILES string of the molecule is CC(C)(C)NCc1ccncc1-n1ncc2ccccc21. The summed E-state index contributed by atoms with van der Waals surface area (Å²) in [5, 5.41) is 9.17. The number of fused-ring (bicyclic) bond motifs is 1. The van der Waals surface area contributed by atoms with Gasteiger partial charge in [-0.15, -0.1) is 0 Å². The van der Waals surface area contributed by atoms with Crippen LogP contribution >= 0.6 is 0 Å². The molecule has 0 saturated carbocycles. The third-order valence-electron chi connectivity index (χ3n) is 3.40. The van der Waals surface area contributed by atoms with E-state index in [4.69, 9.17) is 0 Å². The molecule has 1 N–H and O–H groups in total. The van der Waals surface area contributed by atoms with Gasteiger partial charge in [-0.2, -0.15) is 5.10 Å². The Morgan fingerprint density at radius 1 is 1.10 bits per heavy atom. The predicted octanol–water partition coefficient (Wildman–Crippen LogP) is 3.31. The molecule has 4 heteroatoms. The Bertz CT molecular complexity index is 753. The van der Waals surface area contributed by atoms with E-state index < -0.39 is 0 Å². The Balaban J connectivity index is 2.02. The van der Waals surface area contributed by atoms with Gasteiger partial charge >= 0.3 is 0 Å². The molecule has 0 aliphatic carbocycles. The highest BCUT2D eigenvalue weighted by Crippen LogP contribution is 2.20. The van der Waals surface area contributed by atoms with Gasteiger partial charge in [0.1, 0.15) is 0 Å². The van der Waals surface area contributed by atoms with Crippen LogP contribution in [0.4, 0.5) is 0 Å². The van der Waals surface area contributed by atoms with E-state index in [9.17, 15) is 0 Å². The van der Waals surface area contributed by atoms with Crippen LogP contribution in [0.1, 0.15) is 26.3 Å². The normalized spacial score (nSPS) is 12.0. The maximum absolute atomic E-state index is 4.52. The summed E-state index contributed by atoms with van der Waals surface area (Å²) in [5.74, 6) is 0. The van der Waals surface area contributed by atoms with E-state index in [1.54, 1.807) is 0 Å². The lowest BCUT2D eigenvalue weighted by Gasteiger charge is -2.21. The van der Waals surface area contributed by atoms with Gasteiger partial charge in [0.05, 0.1) is 23.6 Å². The lowest BCUT2D eigenvalue weighted by molar-refractivity contribution is 0.424. The van der Waals surface area contributed by atoms with Gasteiger partial charge in [0.2, 0.25) is 0 Å². The second-order valence-corrected chi connectivity index (χ2v) is 6.22. The van der Waals surface area contributed by atoms with E-state index in [1.165, 1.54) is 5.56 Å². The monoisotopic (exact) mass is 280 g/mol. The van der Waals surface area contributed by atoms with Crippen molar-refractivity contribution in [3.8, 4) is 5.69 Å². The Hall–Kier alpha value is -2.20. The highest BCUT2D eigenvalue weighted by atomic mass is 15.3. The van der Waals surface area contributed by atoms with Gasteiger partial charge in [-0.25, -0.2) is 4.68 Å². The minimum atomic E-state index is 0.0761. The molecule has 0 amide bonds. The van der Waals surface area contributed by atoms with E-state index in [0.717, 1.165) is 23.1 Å². The molecule has 4 nitrogen and oxygen atoms in total. The Kier molecular flexibility index (Phi) is 3.47. The molecule has 3 rings (SSSR count). The van der Waals surface area contributed by atoms with Crippen molar-refractivity contribution in [3.05, 3.63) is 54.5 Å². The second kappa shape index (κ2) is 5.30. The highest BCUT2D eigenvalue weighted by Gasteiger charge is 2.13. The summed E-state index contributed by atoms with van der Waals surface area (Å²) in [7, 11) is 0. The van der Waals surface area contributed by atoms with E-state index >= 15 is 0 Å². The summed E-state index contributed by atoms with van der Waals surface area (Å²) < 4.78 is 1.96. The zero-order valence-corrected chi connectivity index (χ0v) is 12.7. The lowest BCUT2D eigenvalue weighted by atomic mass is 10.1. The molecule has 0 fully saturated rings. The molecule has 0 radical (unpaired) electrons. The molecule has 2 aromatic heterocycles. The van der Waals surface area contributed by atoms with Gasteiger partial charge in [0, 0.05) is 23.7 Å². The summed E-state index contributed by atoms with van der Waals surface area (Å²) in [6.45, 7) is 7.28. The van der Waals surface area contributed by atoms with Crippen molar-refractivity contribution in [2.45, 2.75) is 32.9 Å². The molecule has 108 valence electrons. The third-order valence-corrected chi connectivity index (χ3v) is 3.40. The van der Waals surface area contributed by atoms with E-state index in [2.05, 4.69) is 48.3 Å². The fourth-order valence-corrected chi connectivity index (χ4v) is 2.28. The number of benzene rings is 1. The average molecular weight is 280 g/mol. The van der Waals surface area contributed by atoms with Gasteiger partial charge in [-0.3, -0.25) is 4.98 Å². The molecule has 0 atom stereocenters. The minimum absolute atomic E-state index is 0.0761. The maximum atomic E-state index is 4.52. The first-order valence-electron chi connectivity index (χ1n) is 7.16. The number of hydrogen-bond acceptors (Lipinski definition) is 3. The third kappa shape index (κ3) is 2.95. The zero-order valence-electron chi connectivity index (χ0n) is 12.7. The molecule has 0 bridgehead atoms. The van der Waals surface area contributed by atoms with E-state index in [-0.39, 0.29) is 5.54 Å². The first-order chi connectivity index (χ1) is 10.0. The second-order valence-electron chi connectivity index (χ2n) is 6.22. The average Bonchev–Trinajstić information content (AvgIpc) is 2.88. The minimum Gasteiger partial charge on any atom is -0.308 e. The molecule has 1 aromatic carbocycles. The van der Waals surface area contributed by atoms with Crippen molar-refractivity contribution in [1.82, 2.24) is 20.1 Å². The van der Waals surface area contributed by atoms with Crippen LogP contribution in [-0.4, -0.2) is 20.3 Å². The van der Waals surface area contributed by atoms with Crippen LogP contribution in [0.25, 0.3) is 16.6 Å². The van der Waals surface area contributed by atoms with Gasteiger partial charge in [0.25, 0.3) is 0 Å².